The van der Waals surface area contributed by atoms with Crippen molar-refractivity contribution in [2.75, 3.05) is 0 Å². The lowest BCUT2D eigenvalue weighted by atomic mass is 10.2. The Hall–Kier alpha value is -2.67. The first kappa shape index (κ1) is 10.5. The summed E-state index contributed by atoms with van der Waals surface area (Å²) in [5.41, 5.74) is 2.22. The van der Waals surface area contributed by atoms with Crippen LogP contribution in [0, 0.1) is 17.1 Å². The lowest BCUT2D eigenvalue weighted by Gasteiger charge is -1.93. The summed E-state index contributed by atoms with van der Waals surface area (Å²) in [5.74, 6) is 0.0697. The van der Waals surface area contributed by atoms with Gasteiger partial charge in [-0.2, -0.15) is 5.26 Å². The highest BCUT2D eigenvalue weighted by Crippen LogP contribution is 2.26. The molecular weight excluding hydrogens is 231 g/mol. The summed E-state index contributed by atoms with van der Waals surface area (Å²) in [5, 5.41) is 8.97. The van der Waals surface area contributed by atoms with E-state index in [1.807, 2.05) is 0 Å². The van der Waals surface area contributed by atoms with Crippen molar-refractivity contribution in [1.29, 1.82) is 5.26 Å². The molecule has 0 aliphatic carbocycles. The van der Waals surface area contributed by atoms with E-state index in [1.165, 1.54) is 12.1 Å². The predicted molar refractivity (Wildman–Crippen MR) is 64.1 cm³/mol. The molecule has 0 saturated heterocycles. The molecule has 2 aromatic carbocycles. The van der Waals surface area contributed by atoms with E-state index < -0.39 is 0 Å². The third-order valence-electron chi connectivity index (χ3n) is 2.63. The van der Waals surface area contributed by atoms with Gasteiger partial charge < -0.3 is 4.42 Å². The van der Waals surface area contributed by atoms with Gasteiger partial charge in [-0.3, -0.25) is 0 Å². The number of para-hydroxylation sites is 1. The van der Waals surface area contributed by atoms with Crippen LogP contribution in [-0.2, 0) is 0 Å². The Morgan fingerprint density at radius 2 is 1.89 bits per heavy atom. The summed E-state index contributed by atoms with van der Waals surface area (Å²) in [6.45, 7) is 0. The number of rotatable bonds is 1. The third kappa shape index (κ3) is 1.62. The second kappa shape index (κ2) is 3.97. The van der Waals surface area contributed by atoms with Gasteiger partial charge in [0.1, 0.15) is 17.4 Å². The zero-order valence-electron chi connectivity index (χ0n) is 9.22. The number of benzene rings is 2. The highest BCUT2D eigenvalue weighted by molar-refractivity contribution is 5.81. The van der Waals surface area contributed by atoms with Crippen molar-refractivity contribution in [3.8, 4) is 17.5 Å². The maximum absolute atomic E-state index is 12.8. The SMILES string of the molecule is N#Cc1cccc2oc(-c3ccc(F)cc3)nc12. The molecule has 0 aliphatic rings. The zero-order valence-corrected chi connectivity index (χ0v) is 9.22. The molecule has 4 heteroatoms. The van der Waals surface area contributed by atoms with Crippen LogP contribution in [0.2, 0.25) is 0 Å². The minimum atomic E-state index is -0.312. The monoisotopic (exact) mass is 238 g/mol. The lowest BCUT2D eigenvalue weighted by molar-refractivity contribution is 0.616. The third-order valence-corrected chi connectivity index (χ3v) is 2.63. The van der Waals surface area contributed by atoms with Crippen molar-refractivity contribution in [2.45, 2.75) is 0 Å². The van der Waals surface area contributed by atoms with E-state index in [-0.39, 0.29) is 5.82 Å². The molecule has 18 heavy (non-hydrogen) atoms. The highest BCUT2D eigenvalue weighted by Gasteiger charge is 2.10. The fourth-order valence-electron chi connectivity index (χ4n) is 1.75. The topological polar surface area (TPSA) is 49.8 Å². The number of nitriles is 1. The molecule has 0 aliphatic heterocycles. The van der Waals surface area contributed by atoms with Crippen molar-refractivity contribution in [3.05, 3.63) is 53.8 Å². The molecule has 0 unspecified atom stereocenters. The van der Waals surface area contributed by atoms with E-state index in [4.69, 9.17) is 9.68 Å². The molecule has 0 fully saturated rings. The van der Waals surface area contributed by atoms with Gasteiger partial charge in [-0.05, 0) is 36.4 Å². The molecule has 3 nitrogen and oxygen atoms in total. The minimum Gasteiger partial charge on any atom is -0.436 e. The average molecular weight is 238 g/mol. The van der Waals surface area contributed by atoms with E-state index in [9.17, 15) is 4.39 Å². The number of nitrogens with zero attached hydrogens (tertiary/aromatic N) is 2. The first-order chi connectivity index (χ1) is 8.78. The van der Waals surface area contributed by atoms with Gasteiger partial charge in [-0.25, -0.2) is 9.37 Å². The fourth-order valence-corrected chi connectivity index (χ4v) is 1.75. The number of aromatic nitrogens is 1. The molecule has 86 valence electrons. The molecule has 3 aromatic rings. The standard InChI is InChI=1S/C14H7FN2O/c15-11-6-4-9(5-7-11)14-17-13-10(8-16)2-1-3-12(13)18-14/h1-7H. The largest absolute Gasteiger partial charge is 0.436 e. The summed E-state index contributed by atoms with van der Waals surface area (Å²) in [7, 11) is 0. The van der Waals surface area contributed by atoms with Crippen LogP contribution in [0.1, 0.15) is 5.56 Å². The van der Waals surface area contributed by atoms with E-state index in [1.54, 1.807) is 30.3 Å². The van der Waals surface area contributed by atoms with Crippen molar-refractivity contribution in [2.24, 2.45) is 0 Å². The van der Waals surface area contributed by atoms with Gasteiger partial charge in [-0.15, -0.1) is 0 Å². The number of hydrogen-bond acceptors (Lipinski definition) is 3. The van der Waals surface area contributed by atoms with Crippen LogP contribution < -0.4 is 0 Å². The van der Waals surface area contributed by atoms with Gasteiger partial charge in [0.2, 0.25) is 5.89 Å². The molecule has 0 bridgehead atoms. The molecule has 0 atom stereocenters. The lowest BCUT2D eigenvalue weighted by Crippen LogP contribution is -1.79. The number of oxazole rings is 1. The highest BCUT2D eigenvalue weighted by atomic mass is 19.1. The summed E-state index contributed by atoms with van der Waals surface area (Å²) in [4.78, 5) is 4.27. The van der Waals surface area contributed by atoms with Crippen molar-refractivity contribution < 1.29 is 8.81 Å². The van der Waals surface area contributed by atoms with Crippen molar-refractivity contribution in [3.63, 3.8) is 0 Å². The van der Waals surface area contributed by atoms with E-state index in [2.05, 4.69) is 11.1 Å². The Morgan fingerprint density at radius 1 is 1.11 bits per heavy atom. The molecule has 0 saturated carbocycles. The first-order valence-electron chi connectivity index (χ1n) is 5.33. The molecular formula is C14H7FN2O. The Kier molecular flexibility index (Phi) is 2.31. The van der Waals surface area contributed by atoms with Crippen LogP contribution in [-0.4, -0.2) is 4.98 Å². The van der Waals surface area contributed by atoms with Crippen LogP contribution in [0.15, 0.2) is 46.9 Å². The van der Waals surface area contributed by atoms with Crippen LogP contribution >= 0.6 is 0 Å². The van der Waals surface area contributed by atoms with Crippen LogP contribution in [0.25, 0.3) is 22.6 Å². The Morgan fingerprint density at radius 3 is 2.61 bits per heavy atom. The van der Waals surface area contributed by atoms with Gasteiger partial charge in [0.15, 0.2) is 5.58 Å². The normalized spacial score (nSPS) is 10.4. The zero-order chi connectivity index (χ0) is 12.5. The van der Waals surface area contributed by atoms with Gasteiger partial charge >= 0.3 is 0 Å². The number of fused-ring (bicyclic) bond motifs is 1. The summed E-state index contributed by atoms with van der Waals surface area (Å²) >= 11 is 0. The van der Waals surface area contributed by atoms with Crippen molar-refractivity contribution in [1.82, 2.24) is 4.98 Å². The predicted octanol–water partition coefficient (Wildman–Crippen LogP) is 3.51. The second-order valence-corrected chi connectivity index (χ2v) is 3.79. The van der Waals surface area contributed by atoms with Gasteiger partial charge in [0.05, 0.1) is 5.56 Å². The van der Waals surface area contributed by atoms with Crippen molar-refractivity contribution >= 4 is 11.1 Å². The van der Waals surface area contributed by atoms with E-state index in [0.29, 0.717) is 28.1 Å². The number of halogens is 1. The maximum atomic E-state index is 12.8. The number of hydrogen-bond donors (Lipinski definition) is 0. The van der Waals surface area contributed by atoms with Crippen LogP contribution in [0.4, 0.5) is 4.39 Å². The average Bonchev–Trinajstić information content (AvgIpc) is 2.83. The molecule has 0 N–H and O–H groups in total. The molecule has 0 radical (unpaired) electrons. The Labute approximate surface area is 102 Å². The van der Waals surface area contributed by atoms with Crippen LogP contribution in [0.5, 0.6) is 0 Å². The summed E-state index contributed by atoms with van der Waals surface area (Å²) < 4.78 is 18.4. The Balaban J connectivity index is 2.20. The van der Waals surface area contributed by atoms with Crippen LogP contribution in [0.3, 0.4) is 0 Å². The molecule has 0 spiro atoms. The molecule has 1 aromatic heterocycles. The van der Waals surface area contributed by atoms with E-state index in [0.717, 1.165) is 0 Å². The second-order valence-electron chi connectivity index (χ2n) is 3.79. The fraction of sp³-hybridized carbons (Fsp3) is 0. The summed E-state index contributed by atoms with van der Waals surface area (Å²) in [6, 6.07) is 13.1. The van der Waals surface area contributed by atoms with Gasteiger partial charge in [0, 0.05) is 5.56 Å². The molecule has 1 heterocycles. The smallest absolute Gasteiger partial charge is 0.227 e. The van der Waals surface area contributed by atoms with Gasteiger partial charge in [0.25, 0.3) is 0 Å². The Bertz CT molecular complexity index is 754. The molecule has 0 amide bonds. The van der Waals surface area contributed by atoms with E-state index >= 15 is 0 Å². The summed E-state index contributed by atoms with van der Waals surface area (Å²) in [6.07, 6.45) is 0. The maximum Gasteiger partial charge on any atom is 0.227 e. The first-order valence-corrected chi connectivity index (χ1v) is 5.33. The molecule has 3 rings (SSSR count). The van der Waals surface area contributed by atoms with Gasteiger partial charge in [-0.1, -0.05) is 6.07 Å². The minimum absolute atomic E-state index is 0.312. The quantitative estimate of drug-likeness (QED) is 0.651.